The van der Waals surface area contributed by atoms with Gasteiger partial charge in [0.05, 0.1) is 5.56 Å². The molecule has 1 aromatic heterocycles. The van der Waals surface area contributed by atoms with E-state index in [0.717, 1.165) is 0 Å². The zero-order chi connectivity index (χ0) is 15.4. The van der Waals surface area contributed by atoms with Crippen LogP contribution < -0.4 is 10.9 Å². The number of benzene rings is 1. The summed E-state index contributed by atoms with van der Waals surface area (Å²) >= 11 is 0. The second kappa shape index (κ2) is 6.04. The van der Waals surface area contributed by atoms with Gasteiger partial charge in [0.2, 0.25) is 0 Å². The van der Waals surface area contributed by atoms with E-state index in [0.29, 0.717) is 5.56 Å². The molecular weight excluding hydrogens is 272 g/mol. The van der Waals surface area contributed by atoms with Gasteiger partial charge in [-0.05, 0) is 23.8 Å². The molecule has 2 N–H and O–H groups in total. The molecule has 108 valence electrons. The highest BCUT2D eigenvalue weighted by molar-refractivity contribution is 5.94. The first-order valence-corrected chi connectivity index (χ1v) is 6.24. The highest BCUT2D eigenvalue weighted by atomic mass is 16.4. The van der Waals surface area contributed by atoms with Gasteiger partial charge in [-0.2, -0.15) is 0 Å². The van der Waals surface area contributed by atoms with Gasteiger partial charge in [-0.25, -0.2) is 4.79 Å². The van der Waals surface area contributed by atoms with Crippen LogP contribution in [0.25, 0.3) is 0 Å². The third kappa shape index (κ3) is 3.56. The van der Waals surface area contributed by atoms with E-state index in [2.05, 4.69) is 5.32 Å². The molecule has 1 aromatic carbocycles. The van der Waals surface area contributed by atoms with E-state index in [9.17, 15) is 14.4 Å². The monoisotopic (exact) mass is 286 g/mol. The molecular formula is C15H14N2O4. The quantitative estimate of drug-likeness (QED) is 0.878. The van der Waals surface area contributed by atoms with Gasteiger partial charge in [-0.15, -0.1) is 0 Å². The van der Waals surface area contributed by atoms with Crippen molar-refractivity contribution in [2.24, 2.45) is 7.05 Å². The first kappa shape index (κ1) is 14.5. The van der Waals surface area contributed by atoms with Crippen LogP contribution in [-0.4, -0.2) is 21.6 Å². The summed E-state index contributed by atoms with van der Waals surface area (Å²) in [6, 6.07) is 9.11. The van der Waals surface area contributed by atoms with E-state index in [1.54, 1.807) is 25.2 Å². The van der Waals surface area contributed by atoms with E-state index in [-0.39, 0.29) is 29.1 Å². The molecule has 2 rings (SSSR count). The first-order chi connectivity index (χ1) is 9.97. The average Bonchev–Trinajstić information content (AvgIpc) is 2.48. The molecule has 0 bridgehead atoms. The van der Waals surface area contributed by atoms with Crippen LogP contribution in [0.4, 0.5) is 0 Å². The summed E-state index contributed by atoms with van der Waals surface area (Å²) in [6.45, 7) is 0.190. The number of carboxylic acids is 1. The summed E-state index contributed by atoms with van der Waals surface area (Å²) in [6.07, 6.45) is 1.52. The fourth-order valence-electron chi connectivity index (χ4n) is 1.79. The number of hydrogen-bond donors (Lipinski definition) is 2. The van der Waals surface area contributed by atoms with Crippen LogP contribution >= 0.6 is 0 Å². The molecule has 0 atom stereocenters. The summed E-state index contributed by atoms with van der Waals surface area (Å²) < 4.78 is 1.37. The van der Waals surface area contributed by atoms with Gasteiger partial charge < -0.3 is 15.0 Å². The van der Waals surface area contributed by atoms with Crippen LogP contribution in [-0.2, 0) is 13.6 Å². The standard InChI is InChI=1S/C15H14N2O4/c1-17-6-5-11(8-13(17)18)14(19)16-9-10-3-2-4-12(7-10)15(20)21/h2-8H,9H2,1H3,(H,16,19)(H,20,21). The van der Waals surface area contributed by atoms with Gasteiger partial charge >= 0.3 is 5.97 Å². The fourth-order valence-corrected chi connectivity index (χ4v) is 1.79. The Balaban J connectivity index is 2.07. The number of rotatable bonds is 4. The number of nitrogens with zero attached hydrogens (tertiary/aromatic N) is 1. The fraction of sp³-hybridized carbons (Fsp3) is 0.133. The van der Waals surface area contributed by atoms with Gasteiger partial charge in [0, 0.05) is 31.4 Å². The number of aromatic carboxylic acids is 1. The number of carbonyl (C=O) groups excluding carboxylic acids is 1. The molecule has 0 radical (unpaired) electrons. The normalized spacial score (nSPS) is 10.1. The molecule has 0 saturated carbocycles. The third-order valence-corrected chi connectivity index (χ3v) is 2.99. The maximum Gasteiger partial charge on any atom is 0.335 e. The molecule has 0 fully saturated rings. The van der Waals surface area contributed by atoms with Crippen molar-refractivity contribution >= 4 is 11.9 Å². The molecule has 0 spiro atoms. The number of aryl methyl sites for hydroxylation is 1. The molecule has 0 aliphatic heterocycles. The molecule has 1 heterocycles. The number of aromatic nitrogens is 1. The van der Waals surface area contributed by atoms with Crippen LogP contribution in [0.1, 0.15) is 26.3 Å². The minimum Gasteiger partial charge on any atom is -0.478 e. The molecule has 2 aromatic rings. The van der Waals surface area contributed by atoms with Gasteiger partial charge in [0.1, 0.15) is 0 Å². The second-order valence-corrected chi connectivity index (χ2v) is 4.55. The van der Waals surface area contributed by atoms with E-state index in [1.165, 1.54) is 29.0 Å². The Morgan fingerprint density at radius 1 is 1.19 bits per heavy atom. The van der Waals surface area contributed by atoms with E-state index >= 15 is 0 Å². The SMILES string of the molecule is Cn1ccc(C(=O)NCc2cccc(C(=O)O)c2)cc1=O. The molecule has 6 nitrogen and oxygen atoms in total. The van der Waals surface area contributed by atoms with E-state index in [4.69, 9.17) is 5.11 Å². The number of hydrogen-bond acceptors (Lipinski definition) is 3. The van der Waals surface area contributed by atoms with Crippen molar-refractivity contribution in [1.82, 2.24) is 9.88 Å². The Labute approximate surface area is 120 Å². The summed E-state index contributed by atoms with van der Waals surface area (Å²) in [4.78, 5) is 34.2. The molecule has 6 heteroatoms. The molecule has 0 saturated heterocycles. The van der Waals surface area contributed by atoms with Crippen molar-refractivity contribution in [2.45, 2.75) is 6.54 Å². The van der Waals surface area contributed by atoms with Crippen molar-refractivity contribution in [3.63, 3.8) is 0 Å². The number of pyridine rings is 1. The minimum atomic E-state index is -1.02. The number of carbonyl (C=O) groups is 2. The maximum atomic E-state index is 11.9. The van der Waals surface area contributed by atoms with Crippen molar-refractivity contribution in [3.05, 3.63) is 69.6 Å². The Morgan fingerprint density at radius 2 is 1.95 bits per heavy atom. The van der Waals surface area contributed by atoms with Gasteiger partial charge in [-0.1, -0.05) is 12.1 Å². The Kier molecular flexibility index (Phi) is 4.18. The molecule has 0 unspecified atom stereocenters. The predicted molar refractivity (Wildman–Crippen MR) is 76.3 cm³/mol. The number of nitrogens with one attached hydrogen (secondary N) is 1. The van der Waals surface area contributed by atoms with Crippen LogP contribution in [0.3, 0.4) is 0 Å². The maximum absolute atomic E-state index is 11.9. The van der Waals surface area contributed by atoms with Gasteiger partial charge in [0.15, 0.2) is 0 Å². The number of carboxylic acid groups (broad SMARTS) is 1. The average molecular weight is 286 g/mol. The second-order valence-electron chi connectivity index (χ2n) is 4.55. The molecule has 21 heavy (non-hydrogen) atoms. The van der Waals surface area contributed by atoms with Crippen LogP contribution in [0.15, 0.2) is 47.4 Å². The third-order valence-electron chi connectivity index (χ3n) is 2.99. The lowest BCUT2D eigenvalue weighted by Crippen LogP contribution is -2.25. The molecule has 1 amide bonds. The van der Waals surface area contributed by atoms with Crippen molar-refractivity contribution in [2.75, 3.05) is 0 Å². The number of amides is 1. The molecule has 0 aliphatic carbocycles. The van der Waals surface area contributed by atoms with Gasteiger partial charge in [-0.3, -0.25) is 9.59 Å². The summed E-state index contributed by atoms with van der Waals surface area (Å²) in [5.41, 5.74) is 0.838. The topological polar surface area (TPSA) is 88.4 Å². The van der Waals surface area contributed by atoms with Crippen LogP contribution in [0.2, 0.25) is 0 Å². The zero-order valence-corrected chi connectivity index (χ0v) is 11.4. The highest BCUT2D eigenvalue weighted by Gasteiger charge is 2.08. The highest BCUT2D eigenvalue weighted by Crippen LogP contribution is 2.05. The van der Waals surface area contributed by atoms with E-state index in [1.807, 2.05) is 0 Å². The summed E-state index contributed by atoms with van der Waals surface area (Å²) in [5.74, 6) is -1.40. The zero-order valence-electron chi connectivity index (χ0n) is 11.4. The van der Waals surface area contributed by atoms with Gasteiger partial charge in [0.25, 0.3) is 11.5 Å². The van der Waals surface area contributed by atoms with Crippen molar-refractivity contribution < 1.29 is 14.7 Å². The molecule has 0 aliphatic rings. The van der Waals surface area contributed by atoms with Crippen LogP contribution in [0.5, 0.6) is 0 Å². The lowest BCUT2D eigenvalue weighted by atomic mass is 10.1. The van der Waals surface area contributed by atoms with E-state index < -0.39 is 5.97 Å². The van der Waals surface area contributed by atoms with Crippen LogP contribution in [0, 0.1) is 0 Å². The predicted octanol–water partition coefficient (Wildman–Crippen LogP) is 1.01. The lowest BCUT2D eigenvalue weighted by Gasteiger charge is -2.06. The lowest BCUT2D eigenvalue weighted by molar-refractivity contribution is 0.0696. The Bertz CT molecular complexity index is 749. The smallest absolute Gasteiger partial charge is 0.335 e. The summed E-state index contributed by atoms with van der Waals surface area (Å²) in [5, 5.41) is 11.5. The first-order valence-electron chi connectivity index (χ1n) is 6.24. The van der Waals surface area contributed by atoms with Crippen molar-refractivity contribution in [3.8, 4) is 0 Å². The largest absolute Gasteiger partial charge is 0.478 e. The minimum absolute atomic E-state index is 0.162. The van der Waals surface area contributed by atoms with Crippen molar-refractivity contribution in [1.29, 1.82) is 0 Å². The Morgan fingerprint density at radius 3 is 2.62 bits per heavy atom. The Hall–Kier alpha value is -2.89. The summed E-state index contributed by atoms with van der Waals surface area (Å²) in [7, 11) is 1.60.